The van der Waals surface area contributed by atoms with Crippen molar-refractivity contribution in [2.75, 3.05) is 31.7 Å². The molecule has 0 fully saturated rings. The third-order valence-corrected chi connectivity index (χ3v) is 3.01. The zero-order valence-electron chi connectivity index (χ0n) is 10.2. The monoisotopic (exact) mass is 332 g/mol. The van der Waals surface area contributed by atoms with Crippen LogP contribution in [0.5, 0.6) is 0 Å². The number of methoxy groups -OCH3 is 1. The second-order valence-electron chi connectivity index (χ2n) is 3.70. The van der Waals surface area contributed by atoms with Crippen LogP contribution in [0.1, 0.15) is 0 Å². The topological polar surface area (TPSA) is 92.9 Å². The van der Waals surface area contributed by atoms with Crippen molar-refractivity contribution in [3.8, 4) is 0 Å². The van der Waals surface area contributed by atoms with Gasteiger partial charge in [-0.05, 0) is 22.0 Å². The van der Waals surface area contributed by atoms with E-state index in [9.17, 15) is 14.9 Å². The summed E-state index contributed by atoms with van der Waals surface area (Å²) < 4.78 is 5.39. The Labute approximate surface area is 118 Å². The molecular formula is C11H13BrN2O5. The molecule has 0 unspecified atom stereocenters. The van der Waals surface area contributed by atoms with Crippen molar-refractivity contribution < 1.29 is 19.6 Å². The minimum atomic E-state index is -0.985. The molecule has 0 aliphatic rings. The van der Waals surface area contributed by atoms with E-state index in [1.54, 1.807) is 4.90 Å². The molecule has 1 rings (SSSR count). The fourth-order valence-corrected chi connectivity index (χ4v) is 2.13. The summed E-state index contributed by atoms with van der Waals surface area (Å²) in [6.07, 6.45) is 0. The van der Waals surface area contributed by atoms with Crippen molar-refractivity contribution >= 4 is 33.3 Å². The molecule has 0 aliphatic carbocycles. The summed E-state index contributed by atoms with van der Waals surface area (Å²) in [7, 11) is 1.52. The number of hydrogen-bond donors (Lipinski definition) is 1. The van der Waals surface area contributed by atoms with Gasteiger partial charge in [0, 0.05) is 30.3 Å². The molecule has 7 nitrogen and oxygen atoms in total. The summed E-state index contributed by atoms with van der Waals surface area (Å²) in [6, 6.07) is 4.19. The lowest BCUT2D eigenvalue weighted by Gasteiger charge is -2.23. The van der Waals surface area contributed by atoms with Crippen LogP contribution in [0.25, 0.3) is 0 Å². The van der Waals surface area contributed by atoms with Gasteiger partial charge in [-0.25, -0.2) is 0 Å². The van der Waals surface area contributed by atoms with E-state index in [1.165, 1.54) is 25.3 Å². The Hall–Kier alpha value is -1.67. The van der Waals surface area contributed by atoms with Gasteiger partial charge in [0.15, 0.2) is 0 Å². The van der Waals surface area contributed by atoms with E-state index >= 15 is 0 Å². The molecule has 0 radical (unpaired) electrons. The molecule has 0 saturated heterocycles. The van der Waals surface area contributed by atoms with Gasteiger partial charge in [0.05, 0.1) is 17.2 Å². The van der Waals surface area contributed by atoms with Crippen LogP contribution in [0.15, 0.2) is 22.7 Å². The number of benzene rings is 1. The van der Waals surface area contributed by atoms with Gasteiger partial charge in [0.1, 0.15) is 6.54 Å². The number of nitro benzene ring substituents is 1. The summed E-state index contributed by atoms with van der Waals surface area (Å²) in [5.41, 5.74) is 0.516. The van der Waals surface area contributed by atoms with Crippen LogP contribution in [0.4, 0.5) is 11.4 Å². The van der Waals surface area contributed by atoms with Gasteiger partial charge in [0.2, 0.25) is 0 Å². The lowest BCUT2D eigenvalue weighted by atomic mass is 10.2. The number of rotatable bonds is 7. The molecule has 1 N–H and O–H groups in total. The zero-order chi connectivity index (χ0) is 14.4. The number of halogens is 1. The molecule has 104 valence electrons. The number of carboxylic acids is 1. The van der Waals surface area contributed by atoms with Crippen LogP contribution < -0.4 is 4.90 Å². The average molecular weight is 333 g/mol. The molecular weight excluding hydrogens is 320 g/mol. The molecule has 0 aliphatic heterocycles. The highest BCUT2D eigenvalue weighted by Gasteiger charge is 2.16. The zero-order valence-corrected chi connectivity index (χ0v) is 11.8. The first-order valence-electron chi connectivity index (χ1n) is 5.35. The van der Waals surface area contributed by atoms with Crippen LogP contribution in [-0.2, 0) is 9.53 Å². The first-order chi connectivity index (χ1) is 8.95. The van der Waals surface area contributed by atoms with E-state index in [-0.39, 0.29) is 12.2 Å². The van der Waals surface area contributed by atoms with E-state index in [0.717, 1.165) is 0 Å². The Morgan fingerprint density at radius 3 is 2.74 bits per heavy atom. The van der Waals surface area contributed by atoms with Gasteiger partial charge in [-0.1, -0.05) is 0 Å². The quantitative estimate of drug-likeness (QED) is 0.605. The summed E-state index contributed by atoms with van der Waals surface area (Å²) in [5, 5.41) is 19.5. The third-order valence-electron chi connectivity index (χ3n) is 2.37. The summed E-state index contributed by atoms with van der Waals surface area (Å²) in [4.78, 5) is 22.5. The molecule has 0 heterocycles. The Bertz CT molecular complexity index is 480. The molecule has 8 heteroatoms. The van der Waals surface area contributed by atoms with Crippen LogP contribution in [-0.4, -0.2) is 42.8 Å². The predicted octanol–water partition coefficient (Wildman–Crippen LogP) is 1.89. The van der Waals surface area contributed by atoms with E-state index in [4.69, 9.17) is 9.84 Å². The lowest BCUT2D eigenvalue weighted by molar-refractivity contribution is -0.384. The first-order valence-corrected chi connectivity index (χ1v) is 6.14. The molecule has 0 bridgehead atoms. The van der Waals surface area contributed by atoms with Crippen molar-refractivity contribution in [3.63, 3.8) is 0 Å². The fourth-order valence-electron chi connectivity index (χ4n) is 1.52. The van der Waals surface area contributed by atoms with E-state index in [1.807, 2.05) is 0 Å². The number of carbonyl (C=O) groups is 1. The standard InChI is InChI=1S/C11H13BrN2O5/c1-19-5-4-13(7-11(15)16)10-3-2-8(14(17)18)6-9(10)12/h2-3,6H,4-5,7H2,1H3,(H,15,16). The number of hydrogen-bond acceptors (Lipinski definition) is 5. The van der Waals surface area contributed by atoms with Gasteiger partial charge >= 0.3 is 5.97 Å². The van der Waals surface area contributed by atoms with Crippen LogP contribution in [0.3, 0.4) is 0 Å². The van der Waals surface area contributed by atoms with Gasteiger partial charge in [-0.3, -0.25) is 14.9 Å². The Balaban J connectivity index is 3.00. The Morgan fingerprint density at radius 1 is 1.58 bits per heavy atom. The number of aliphatic carboxylic acids is 1. The van der Waals surface area contributed by atoms with Crippen LogP contribution >= 0.6 is 15.9 Å². The molecule has 0 amide bonds. The van der Waals surface area contributed by atoms with Crippen molar-refractivity contribution in [2.45, 2.75) is 0 Å². The maximum absolute atomic E-state index is 10.8. The lowest BCUT2D eigenvalue weighted by Crippen LogP contribution is -2.32. The molecule has 1 aromatic carbocycles. The number of non-ortho nitro benzene ring substituents is 1. The van der Waals surface area contributed by atoms with E-state index in [2.05, 4.69) is 15.9 Å². The number of nitrogens with zero attached hydrogens (tertiary/aromatic N) is 2. The largest absolute Gasteiger partial charge is 0.480 e. The Kier molecular flexibility index (Phi) is 5.71. The highest BCUT2D eigenvalue weighted by Crippen LogP contribution is 2.30. The fraction of sp³-hybridized carbons (Fsp3) is 0.364. The number of ether oxygens (including phenoxy) is 1. The minimum absolute atomic E-state index is 0.0577. The van der Waals surface area contributed by atoms with Crippen molar-refractivity contribution in [2.24, 2.45) is 0 Å². The van der Waals surface area contributed by atoms with Crippen molar-refractivity contribution in [1.82, 2.24) is 0 Å². The second-order valence-corrected chi connectivity index (χ2v) is 4.56. The normalized spacial score (nSPS) is 10.2. The smallest absolute Gasteiger partial charge is 0.323 e. The predicted molar refractivity (Wildman–Crippen MR) is 72.5 cm³/mol. The SMILES string of the molecule is COCCN(CC(=O)O)c1ccc([N+](=O)[O-])cc1Br. The number of nitro groups is 1. The molecule has 19 heavy (non-hydrogen) atoms. The maximum Gasteiger partial charge on any atom is 0.323 e. The summed E-state index contributed by atoms with van der Waals surface area (Å²) >= 11 is 3.22. The van der Waals surface area contributed by atoms with Gasteiger partial charge in [0.25, 0.3) is 5.69 Å². The molecule has 0 spiro atoms. The number of anilines is 1. The van der Waals surface area contributed by atoms with Gasteiger partial charge < -0.3 is 14.7 Å². The van der Waals surface area contributed by atoms with Gasteiger partial charge in [-0.2, -0.15) is 0 Å². The van der Waals surface area contributed by atoms with E-state index < -0.39 is 10.9 Å². The summed E-state index contributed by atoms with van der Waals surface area (Å²) in [6.45, 7) is 0.524. The number of carboxylic acid groups (broad SMARTS) is 1. The Morgan fingerprint density at radius 2 is 2.26 bits per heavy atom. The van der Waals surface area contributed by atoms with Gasteiger partial charge in [-0.15, -0.1) is 0 Å². The third kappa shape index (κ3) is 4.49. The highest BCUT2D eigenvalue weighted by molar-refractivity contribution is 9.10. The molecule has 0 atom stereocenters. The summed E-state index contributed by atoms with van der Waals surface area (Å²) in [5.74, 6) is -0.985. The van der Waals surface area contributed by atoms with Crippen molar-refractivity contribution in [3.05, 3.63) is 32.8 Å². The molecule has 1 aromatic rings. The first kappa shape index (κ1) is 15.4. The highest BCUT2D eigenvalue weighted by atomic mass is 79.9. The van der Waals surface area contributed by atoms with Crippen molar-refractivity contribution in [1.29, 1.82) is 0 Å². The average Bonchev–Trinajstić information content (AvgIpc) is 2.34. The molecule has 0 aromatic heterocycles. The second kappa shape index (κ2) is 7.05. The maximum atomic E-state index is 10.8. The van der Waals surface area contributed by atoms with E-state index in [0.29, 0.717) is 23.3 Å². The minimum Gasteiger partial charge on any atom is -0.480 e. The van der Waals surface area contributed by atoms with Crippen LogP contribution in [0.2, 0.25) is 0 Å². The molecule has 0 saturated carbocycles. The van der Waals surface area contributed by atoms with Crippen LogP contribution in [0, 0.1) is 10.1 Å².